The van der Waals surface area contributed by atoms with Crippen LogP contribution in [0.2, 0.25) is 0 Å². The maximum atomic E-state index is 9.77. The first-order valence-corrected chi connectivity index (χ1v) is 6.25. The van der Waals surface area contributed by atoms with Gasteiger partial charge in [-0.15, -0.1) is 0 Å². The molecule has 16 heavy (non-hydrogen) atoms. The molecule has 0 saturated heterocycles. The Hall–Kier alpha value is -0.580. The summed E-state index contributed by atoms with van der Waals surface area (Å²) in [6.07, 6.45) is 0.0766. The topological polar surface area (TPSA) is 55.5 Å². The highest BCUT2D eigenvalue weighted by atomic mass is 79.9. The van der Waals surface area contributed by atoms with Crippen molar-refractivity contribution in [2.45, 2.75) is 32.4 Å². The number of ether oxygens (including phenoxy) is 1. The van der Waals surface area contributed by atoms with Crippen LogP contribution < -0.4 is 10.5 Å². The summed E-state index contributed by atoms with van der Waals surface area (Å²) in [4.78, 5) is 0. The zero-order valence-electron chi connectivity index (χ0n) is 9.61. The predicted octanol–water partition coefficient (Wildman–Crippen LogP) is 2.62. The average Bonchev–Trinajstić information content (AvgIpc) is 2.29. The molecular formula is C12H18BrNO2. The summed E-state index contributed by atoms with van der Waals surface area (Å²) in [5, 5.41) is 9.77. The van der Waals surface area contributed by atoms with Crippen molar-refractivity contribution in [2.24, 2.45) is 5.73 Å². The van der Waals surface area contributed by atoms with Gasteiger partial charge in [0.25, 0.3) is 0 Å². The number of aliphatic hydroxyl groups is 1. The normalized spacial score (nSPS) is 14.6. The molecule has 3 nitrogen and oxygen atoms in total. The van der Waals surface area contributed by atoms with Crippen LogP contribution in [-0.2, 0) is 0 Å². The summed E-state index contributed by atoms with van der Waals surface area (Å²) in [7, 11) is 0. The van der Waals surface area contributed by atoms with Gasteiger partial charge in [0, 0.05) is 10.0 Å². The molecule has 0 saturated carbocycles. The molecule has 0 heterocycles. The zero-order valence-corrected chi connectivity index (χ0v) is 11.2. The first-order chi connectivity index (χ1) is 7.60. The minimum absolute atomic E-state index is 0.413. The van der Waals surface area contributed by atoms with Gasteiger partial charge in [-0.2, -0.15) is 0 Å². The molecule has 0 unspecified atom stereocenters. The second kappa shape index (κ2) is 6.23. The van der Waals surface area contributed by atoms with E-state index in [0.717, 1.165) is 15.8 Å². The lowest BCUT2D eigenvalue weighted by Crippen LogP contribution is -2.26. The molecule has 1 rings (SSSR count). The van der Waals surface area contributed by atoms with Gasteiger partial charge in [0.1, 0.15) is 5.75 Å². The Kier molecular flexibility index (Phi) is 5.25. The summed E-state index contributed by atoms with van der Waals surface area (Å²) < 4.78 is 6.43. The van der Waals surface area contributed by atoms with Crippen LogP contribution in [-0.4, -0.2) is 17.8 Å². The van der Waals surface area contributed by atoms with Gasteiger partial charge in [0.2, 0.25) is 0 Å². The lowest BCUT2D eigenvalue weighted by Gasteiger charge is -2.20. The summed E-state index contributed by atoms with van der Waals surface area (Å²) in [5.74, 6) is 0.741. The molecule has 0 aliphatic heterocycles. The smallest absolute Gasteiger partial charge is 0.124 e. The van der Waals surface area contributed by atoms with Crippen LogP contribution in [0.4, 0.5) is 0 Å². The van der Waals surface area contributed by atoms with Crippen molar-refractivity contribution in [2.75, 3.05) is 6.61 Å². The van der Waals surface area contributed by atoms with E-state index in [1.165, 1.54) is 0 Å². The van der Waals surface area contributed by atoms with Gasteiger partial charge in [-0.25, -0.2) is 0 Å². The molecule has 1 aromatic carbocycles. The predicted molar refractivity (Wildman–Crippen MR) is 68.5 cm³/mol. The largest absolute Gasteiger partial charge is 0.494 e. The van der Waals surface area contributed by atoms with Gasteiger partial charge in [-0.3, -0.25) is 0 Å². The van der Waals surface area contributed by atoms with Crippen LogP contribution >= 0.6 is 15.9 Å². The summed E-state index contributed by atoms with van der Waals surface area (Å²) >= 11 is 3.39. The number of halogens is 1. The fourth-order valence-corrected chi connectivity index (χ4v) is 1.91. The summed E-state index contributed by atoms with van der Waals surface area (Å²) in [5.41, 5.74) is 6.84. The van der Waals surface area contributed by atoms with E-state index >= 15 is 0 Å². The first kappa shape index (κ1) is 13.5. The van der Waals surface area contributed by atoms with E-state index < -0.39 is 12.1 Å². The van der Waals surface area contributed by atoms with Crippen LogP contribution in [0.5, 0.6) is 5.75 Å². The molecule has 0 spiro atoms. The highest BCUT2D eigenvalue weighted by Gasteiger charge is 2.19. The Bertz CT molecular complexity index is 344. The van der Waals surface area contributed by atoms with E-state index in [0.29, 0.717) is 13.0 Å². The molecule has 4 heteroatoms. The fourth-order valence-electron chi connectivity index (χ4n) is 1.53. The van der Waals surface area contributed by atoms with Crippen LogP contribution in [0.3, 0.4) is 0 Å². The highest BCUT2D eigenvalue weighted by molar-refractivity contribution is 9.10. The third-order valence-corrected chi connectivity index (χ3v) is 2.96. The third-order valence-electron chi connectivity index (χ3n) is 2.46. The molecule has 0 fully saturated rings. The average molecular weight is 288 g/mol. The van der Waals surface area contributed by atoms with Crippen LogP contribution in [0, 0.1) is 0 Å². The van der Waals surface area contributed by atoms with Crippen molar-refractivity contribution in [1.82, 2.24) is 0 Å². The lowest BCUT2D eigenvalue weighted by molar-refractivity contribution is 0.139. The molecule has 3 N–H and O–H groups in total. The minimum Gasteiger partial charge on any atom is -0.494 e. The Balaban J connectivity index is 3.03. The van der Waals surface area contributed by atoms with Crippen molar-refractivity contribution >= 4 is 15.9 Å². The minimum atomic E-state index is -0.548. The van der Waals surface area contributed by atoms with E-state index in [1.54, 1.807) is 0 Å². The van der Waals surface area contributed by atoms with Crippen LogP contribution in [0.25, 0.3) is 0 Å². The van der Waals surface area contributed by atoms with Gasteiger partial charge >= 0.3 is 0 Å². The van der Waals surface area contributed by atoms with Crippen LogP contribution in [0.1, 0.15) is 31.9 Å². The number of hydrogen-bond acceptors (Lipinski definition) is 3. The second-order valence-electron chi connectivity index (χ2n) is 3.62. The Morgan fingerprint density at radius 3 is 2.69 bits per heavy atom. The Labute approximate surface area is 105 Å². The van der Waals surface area contributed by atoms with Gasteiger partial charge < -0.3 is 15.6 Å². The maximum Gasteiger partial charge on any atom is 0.124 e. The molecular weight excluding hydrogens is 270 g/mol. The highest BCUT2D eigenvalue weighted by Crippen LogP contribution is 2.29. The SMILES string of the molecule is CCOc1ccc(Br)cc1[C@H](N)[C@H](O)CC. The molecule has 0 amide bonds. The monoisotopic (exact) mass is 287 g/mol. The molecule has 0 aliphatic rings. The van der Waals surface area contributed by atoms with Crippen molar-refractivity contribution < 1.29 is 9.84 Å². The molecule has 90 valence electrons. The number of nitrogens with two attached hydrogens (primary N) is 1. The standard InChI is InChI=1S/C12H18BrNO2/c1-3-10(15)12(14)9-7-8(13)5-6-11(9)16-4-2/h5-7,10,12,15H,3-4,14H2,1-2H3/t10-,12+/m1/s1. The first-order valence-electron chi connectivity index (χ1n) is 5.46. The van der Waals surface area contributed by atoms with Crippen LogP contribution in [0.15, 0.2) is 22.7 Å². The van der Waals surface area contributed by atoms with E-state index in [-0.39, 0.29) is 0 Å². The second-order valence-corrected chi connectivity index (χ2v) is 4.53. The number of benzene rings is 1. The van der Waals surface area contributed by atoms with Crippen molar-refractivity contribution in [3.05, 3.63) is 28.2 Å². The Morgan fingerprint density at radius 1 is 1.44 bits per heavy atom. The van der Waals surface area contributed by atoms with Gasteiger partial charge in [-0.05, 0) is 31.5 Å². The number of aliphatic hydroxyl groups excluding tert-OH is 1. The Morgan fingerprint density at radius 2 is 2.12 bits per heavy atom. The molecule has 0 radical (unpaired) electrons. The van der Waals surface area contributed by atoms with E-state index in [2.05, 4.69) is 15.9 Å². The molecule has 0 bridgehead atoms. The van der Waals surface area contributed by atoms with E-state index in [9.17, 15) is 5.11 Å². The van der Waals surface area contributed by atoms with Crippen molar-refractivity contribution in [1.29, 1.82) is 0 Å². The maximum absolute atomic E-state index is 9.77. The summed E-state index contributed by atoms with van der Waals surface area (Å²) in [6.45, 7) is 4.42. The zero-order chi connectivity index (χ0) is 12.1. The lowest BCUT2D eigenvalue weighted by atomic mass is 10.00. The quantitative estimate of drug-likeness (QED) is 0.875. The summed E-state index contributed by atoms with van der Waals surface area (Å²) in [6, 6.07) is 5.25. The fraction of sp³-hybridized carbons (Fsp3) is 0.500. The molecule has 1 aromatic rings. The van der Waals surface area contributed by atoms with E-state index in [4.69, 9.17) is 10.5 Å². The number of hydrogen-bond donors (Lipinski definition) is 2. The molecule has 2 atom stereocenters. The third kappa shape index (κ3) is 3.20. The van der Waals surface area contributed by atoms with Gasteiger partial charge in [-0.1, -0.05) is 22.9 Å². The van der Waals surface area contributed by atoms with Crippen molar-refractivity contribution in [3.8, 4) is 5.75 Å². The van der Waals surface area contributed by atoms with Gasteiger partial charge in [0.15, 0.2) is 0 Å². The van der Waals surface area contributed by atoms with Gasteiger partial charge in [0.05, 0.1) is 18.8 Å². The molecule has 0 aromatic heterocycles. The van der Waals surface area contributed by atoms with E-state index in [1.807, 2.05) is 32.0 Å². The number of rotatable bonds is 5. The van der Waals surface area contributed by atoms with Crippen molar-refractivity contribution in [3.63, 3.8) is 0 Å². The molecule has 0 aliphatic carbocycles.